The summed E-state index contributed by atoms with van der Waals surface area (Å²) >= 11 is 5.87. The van der Waals surface area contributed by atoms with Crippen molar-refractivity contribution >= 4 is 34.1 Å². The van der Waals surface area contributed by atoms with Crippen LogP contribution in [0.4, 0.5) is 5.69 Å². The number of halogens is 1. The molecule has 0 unspecified atom stereocenters. The van der Waals surface area contributed by atoms with E-state index in [1.165, 1.54) is 6.92 Å². The molecule has 0 saturated heterocycles. The Morgan fingerprint density at radius 1 is 1.38 bits per heavy atom. The molecule has 0 aliphatic heterocycles. The van der Waals surface area contributed by atoms with Crippen molar-refractivity contribution in [1.82, 2.24) is 4.98 Å². The molecule has 0 atom stereocenters. The fourth-order valence-electron chi connectivity index (χ4n) is 1.63. The molecule has 1 aromatic carbocycles. The van der Waals surface area contributed by atoms with E-state index in [4.69, 9.17) is 11.6 Å². The van der Waals surface area contributed by atoms with Crippen LogP contribution in [-0.2, 0) is 4.79 Å². The molecule has 3 nitrogen and oxygen atoms in total. The maximum atomic E-state index is 10.9. The van der Waals surface area contributed by atoms with E-state index in [0.717, 1.165) is 22.2 Å². The summed E-state index contributed by atoms with van der Waals surface area (Å²) in [6.07, 6.45) is 0. The first kappa shape index (κ1) is 10.9. The average Bonchev–Trinajstić information content (AvgIpc) is 2.18. The van der Waals surface area contributed by atoms with Gasteiger partial charge in [0.15, 0.2) is 0 Å². The molecule has 0 aliphatic rings. The first-order valence-electron chi connectivity index (χ1n) is 4.91. The highest BCUT2D eigenvalue weighted by molar-refractivity contribution is 6.29. The zero-order valence-corrected chi connectivity index (χ0v) is 9.80. The molecule has 2 rings (SSSR count). The summed E-state index contributed by atoms with van der Waals surface area (Å²) < 4.78 is 0. The minimum Gasteiger partial charge on any atom is -0.326 e. The van der Waals surface area contributed by atoms with Gasteiger partial charge in [0.25, 0.3) is 0 Å². The lowest BCUT2D eigenvalue weighted by atomic mass is 10.1. The number of pyridine rings is 1. The van der Waals surface area contributed by atoms with Gasteiger partial charge in [0.2, 0.25) is 5.91 Å². The standard InChI is InChI=1S/C12H11ClN2O/c1-7-5-12(13)15-11-4-3-9(6-10(7)11)14-8(2)16/h3-6H,1-2H3,(H,14,16). The maximum Gasteiger partial charge on any atom is 0.221 e. The summed E-state index contributed by atoms with van der Waals surface area (Å²) in [5, 5.41) is 4.22. The molecule has 0 spiro atoms. The van der Waals surface area contributed by atoms with E-state index in [9.17, 15) is 4.79 Å². The number of aryl methyl sites for hydroxylation is 1. The van der Waals surface area contributed by atoms with Crippen LogP contribution in [0.5, 0.6) is 0 Å². The van der Waals surface area contributed by atoms with Crippen molar-refractivity contribution in [3.8, 4) is 0 Å². The van der Waals surface area contributed by atoms with Gasteiger partial charge in [-0.2, -0.15) is 0 Å². The number of amides is 1. The third-order valence-electron chi connectivity index (χ3n) is 2.30. The maximum absolute atomic E-state index is 10.9. The fourth-order valence-corrected chi connectivity index (χ4v) is 1.89. The predicted octanol–water partition coefficient (Wildman–Crippen LogP) is 3.16. The Hall–Kier alpha value is -1.61. The summed E-state index contributed by atoms with van der Waals surface area (Å²) in [6.45, 7) is 3.45. The van der Waals surface area contributed by atoms with E-state index < -0.39 is 0 Å². The van der Waals surface area contributed by atoms with E-state index in [1.54, 1.807) is 6.07 Å². The topological polar surface area (TPSA) is 42.0 Å². The van der Waals surface area contributed by atoms with Crippen LogP contribution in [0.1, 0.15) is 12.5 Å². The van der Waals surface area contributed by atoms with E-state index in [-0.39, 0.29) is 5.91 Å². The monoisotopic (exact) mass is 234 g/mol. The van der Waals surface area contributed by atoms with Gasteiger partial charge in [-0.1, -0.05) is 11.6 Å². The lowest BCUT2D eigenvalue weighted by Gasteiger charge is -2.06. The third kappa shape index (κ3) is 2.14. The van der Waals surface area contributed by atoms with Crippen molar-refractivity contribution in [3.05, 3.63) is 35.0 Å². The van der Waals surface area contributed by atoms with Crippen molar-refractivity contribution in [2.45, 2.75) is 13.8 Å². The van der Waals surface area contributed by atoms with E-state index in [2.05, 4.69) is 10.3 Å². The summed E-state index contributed by atoms with van der Waals surface area (Å²) in [4.78, 5) is 15.1. The second-order valence-electron chi connectivity index (χ2n) is 3.67. The molecular weight excluding hydrogens is 224 g/mol. The van der Waals surface area contributed by atoms with Gasteiger partial charge in [-0.25, -0.2) is 4.98 Å². The van der Waals surface area contributed by atoms with Crippen LogP contribution >= 0.6 is 11.6 Å². The van der Waals surface area contributed by atoms with Crippen LogP contribution < -0.4 is 5.32 Å². The Kier molecular flexibility index (Phi) is 2.79. The van der Waals surface area contributed by atoms with Gasteiger partial charge in [-0.3, -0.25) is 4.79 Å². The van der Waals surface area contributed by atoms with Gasteiger partial charge in [0.05, 0.1) is 5.52 Å². The van der Waals surface area contributed by atoms with Crippen LogP contribution in [-0.4, -0.2) is 10.9 Å². The Bertz CT molecular complexity index is 566. The molecule has 1 heterocycles. The van der Waals surface area contributed by atoms with Crippen molar-refractivity contribution in [1.29, 1.82) is 0 Å². The van der Waals surface area contributed by atoms with E-state index in [0.29, 0.717) is 5.15 Å². The number of carbonyl (C=O) groups excluding carboxylic acids is 1. The highest BCUT2D eigenvalue weighted by Crippen LogP contribution is 2.23. The fraction of sp³-hybridized carbons (Fsp3) is 0.167. The van der Waals surface area contributed by atoms with Crippen molar-refractivity contribution in [2.75, 3.05) is 5.32 Å². The van der Waals surface area contributed by atoms with Crippen LogP contribution in [0.25, 0.3) is 10.9 Å². The number of nitrogens with zero attached hydrogens (tertiary/aromatic N) is 1. The summed E-state index contributed by atoms with van der Waals surface area (Å²) in [5.74, 6) is -0.0843. The van der Waals surface area contributed by atoms with Crippen LogP contribution in [0.2, 0.25) is 5.15 Å². The highest BCUT2D eigenvalue weighted by atomic mass is 35.5. The molecule has 1 N–H and O–H groups in total. The molecule has 1 aromatic heterocycles. The molecular formula is C12H11ClN2O. The van der Waals surface area contributed by atoms with Gasteiger partial charge < -0.3 is 5.32 Å². The smallest absolute Gasteiger partial charge is 0.221 e. The number of hydrogen-bond acceptors (Lipinski definition) is 2. The number of carbonyl (C=O) groups is 1. The van der Waals surface area contributed by atoms with Gasteiger partial charge >= 0.3 is 0 Å². The molecule has 0 saturated carbocycles. The van der Waals surface area contributed by atoms with E-state index in [1.807, 2.05) is 25.1 Å². The molecule has 0 aliphatic carbocycles. The van der Waals surface area contributed by atoms with Crippen molar-refractivity contribution in [2.24, 2.45) is 0 Å². The molecule has 0 fully saturated rings. The molecule has 2 aromatic rings. The lowest BCUT2D eigenvalue weighted by molar-refractivity contribution is -0.114. The van der Waals surface area contributed by atoms with Gasteiger partial charge in [-0.15, -0.1) is 0 Å². The van der Waals surface area contributed by atoms with Gasteiger partial charge in [-0.05, 0) is 36.8 Å². The first-order chi connectivity index (χ1) is 7.56. The lowest BCUT2D eigenvalue weighted by Crippen LogP contribution is -2.05. The number of aromatic nitrogens is 1. The number of anilines is 1. The summed E-state index contributed by atoms with van der Waals surface area (Å²) in [6, 6.07) is 7.36. The number of rotatable bonds is 1. The Labute approximate surface area is 98.4 Å². The average molecular weight is 235 g/mol. The largest absolute Gasteiger partial charge is 0.326 e. The SMILES string of the molecule is CC(=O)Nc1ccc2nc(Cl)cc(C)c2c1. The zero-order chi connectivity index (χ0) is 11.7. The molecule has 82 valence electrons. The van der Waals surface area contributed by atoms with Gasteiger partial charge in [0.1, 0.15) is 5.15 Å². The van der Waals surface area contributed by atoms with E-state index >= 15 is 0 Å². The molecule has 0 radical (unpaired) electrons. The number of benzene rings is 1. The van der Waals surface area contributed by atoms with Gasteiger partial charge in [0, 0.05) is 18.0 Å². The predicted molar refractivity (Wildman–Crippen MR) is 65.8 cm³/mol. The Balaban J connectivity index is 2.57. The minimum absolute atomic E-state index is 0.0843. The van der Waals surface area contributed by atoms with Crippen LogP contribution in [0.3, 0.4) is 0 Å². The number of fused-ring (bicyclic) bond motifs is 1. The Morgan fingerprint density at radius 3 is 2.81 bits per heavy atom. The highest BCUT2D eigenvalue weighted by Gasteiger charge is 2.03. The number of nitrogens with one attached hydrogen (secondary N) is 1. The van der Waals surface area contributed by atoms with Crippen molar-refractivity contribution < 1.29 is 4.79 Å². The minimum atomic E-state index is -0.0843. The Morgan fingerprint density at radius 2 is 2.12 bits per heavy atom. The second-order valence-corrected chi connectivity index (χ2v) is 4.06. The normalized spacial score (nSPS) is 10.4. The quantitative estimate of drug-likeness (QED) is 0.771. The van der Waals surface area contributed by atoms with Crippen molar-refractivity contribution in [3.63, 3.8) is 0 Å². The number of hydrogen-bond donors (Lipinski definition) is 1. The molecule has 16 heavy (non-hydrogen) atoms. The van der Waals surface area contributed by atoms with Crippen LogP contribution in [0.15, 0.2) is 24.3 Å². The third-order valence-corrected chi connectivity index (χ3v) is 2.50. The second kappa shape index (κ2) is 4.10. The summed E-state index contributed by atoms with van der Waals surface area (Å²) in [7, 11) is 0. The zero-order valence-electron chi connectivity index (χ0n) is 9.04. The molecule has 1 amide bonds. The molecule has 0 bridgehead atoms. The van der Waals surface area contributed by atoms with Crippen LogP contribution in [0, 0.1) is 6.92 Å². The molecule has 4 heteroatoms. The first-order valence-corrected chi connectivity index (χ1v) is 5.28. The summed E-state index contributed by atoms with van der Waals surface area (Å²) in [5.41, 5.74) is 2.65.